The van der Waals surface area contributed by atoms with E-state index in [1.54, 1.807) is 64.3 Å². The Balaban J connectivity index is 0. The molecule has 3 radical (unpaired) electrons. The third-order valence-corrected chi connectivity index (χ3v) is 26.2. The molecule has 9 aromatic rings. The maximum Gasteiger partial charge on any atom is 1.00 e. The molecule has 148 heavy (non-hydrogen) atoms. The Morgan fingerprint density at radius 1 is 0.439 bits per heavy atom. The van der Waals surface area contributed by atoms with Crippen LogP contribution in [0.4, 0.5) is 20.2 Å². The van der Waals surface area contributed by atoms with Crippen LogP contribution in [0, 0.1) is 29.6 Å². The summed E-state index contributed by atoms with van der Waals surface area (Å²) >= 11 is 47.7. The van der Waals surface area contributed by atoms with Gasteiger partial charge in [-0.25, -0.2) is 34.3 Å². The summed E-state index contributed by atoms with van der Waals surface area (Å²) < 4.78 is 36.6. The number of benzene rings is 5. The van der Waals surface area contributed by atoms with Crippen LogP contribution >= 0.6 is 138 Å². The molecule has 9 heterocycles. The first-order valence-corrected chi connectivity index (χ1v) is 53.0. The van der Waals surface area contributed by atoms with Gasteiger partial charge in [0.15, 0.2) is 17.1 Å². The first kappa shape index (κ1) is 142. The van der Waals surface area contributed by atoms with Gasteiger partial charge >= 0.3 is 77.4 Å². The molecule has 4 atom stereocenters. The number of fused-ring (bicyclic) bond motifs is 2. The number of ether oxygens (including phenoxy) is 6. The minimum absolute atomic E-state index is 0. The third-order valence-electron chi connectivity index (χ3n) is 23.4. The molecule has 3 amide bonds. The van der Waals surface area contributed by atoms with Crippen LogP contribution < -0.4 is 69.3 Å². The molecule has 5 aromatic carbocycles. The number of piperidine rings is 5. The van der Waals surface area contributed by atoms with Crippen molar-refractivity contribution in [2.45, 2.75) is 175 Å². The first-order chi connectivity index (χ1) is 67.8. The molecule has 14 rings (SSSR count). The largest absolute Gasteiger partial charge is 1.00 e. The molecule has 4 unspecified atom stereocenters. The predicted octanol–water partition coefficient (Wildman–Crippen LogP) is 16.9. The van der Waals surface area contributed by atoms with Gasteiger partial charge in [0.25, 0.3) is 0 Å². The number of aromatic nitrogens is 8. The van der Waals surface area contributed by atoms with Gasteiger partial charge in [-0.2, -0.15) is 10.2 Å². The number of carbonyl (C=O) groups is 4. The number of H-pyrrole nitrogens is 2. The SMILES string of the molecule is CC(C)(C)OC(=O)N1CCC(C(=O)c2ccc(Cl)cc2)CC1.CC(C)(C)OC(=O)N1CCC(C(O)c2ccc(Cl)cc2)CC1.CCO.CN(C)CCCl.CN(C)CCOC(c1ccc(Cl)cc1)C1CCN(C(=O)OC(C)(C)C)CC1.CN(C)CCOC(c1ccc(Cl)cc1)C1CCN(c2ncnc3n[nH]c(Br)c23)CC1.CN(C)CCOC(c1ccc(Cl)cc1)C1CCNCC1.CO.Cl.Cl.Clc1ncnc2n[nH]c(Br)c12.[B].[H-].[H-].[Na+].[Na+]. The van der Waals surface area contributed by atoms with Crippen LogP contribution in [0.5, 0.6) is 0 Å². The van der Waals surface area contributed by atoms with Gasteiger partial charge in [-0.1, -0.05) is 118 Å². The normalized spacial score (nSPS) is 15.5. The van der Waals surface area contributed by atoms with E-state index in [9.17, 15) is 24.3 Å². The van der Waals surface area contributed by atoms with E-state index in [2.05, 4.69) is 150 Å². The number of ketones is 1. The van der Waals surface area contributed by atoms with Gasteiger partial charge in [-0.3, -0.25) is 15.0 Å². The number of likely N-dealkylation sites (N-methyl/N-ethyl adjacent to an activating group) is 3. The molecule has 5 fully saturated rings. The number of anilines is 1. The number of hydrogen-bond acceptors (Lipinski definition) is 25. The molecule has 4 aromatic heterocycles. The van der Waals surface area contributed by atoms with Crippen molar-refractivity contribution in [1.82, 2.24) is 79.9 Å². The molecule has 30 nitrogen and oxygen atoms in total. The number of aromatic amines is 2. The Labute approximate surface area is 991 Å². The third kappa shape index (κ3) is 52.2. The average molecular weight is 2390 g/mol. The van der Waals surface area contributed by atoms with E-state index in [0.29, 0.717) is 125 Å². The van der Waals surface area contributed by atoms with Gasteiger partial charge in [0.05, 0.1) is 55.0 Å². The second kappa shape index (κ2) is 74.0. The summed E-state index contributed by atoms with van der Waals surface area (Å²) in [4.78, 5) is 81.2. The van der Waals surface area contributed by atoms with Gasteiger partial charge in [0.1, 0.15) is 49.6 Å². The number of rotatable bonds is 25. The number of hydrogen-bond donors (Lipinski definition) is 6. The number of halogens is 11. The fraction of sp³-hybridized carbons (Fsp3) is 0.577. The second-order valence-corrected chi connectivity index (χ2v) is 43.7. The first-order valence-electron chi connectivity index (χ1n) is 48.6. The van der Waals surface area contributed by atoms with Crippen molar-refractivity contribution in [3.8, 4) is 0 Å². The maximum atomic E-state index is 12.4. The zero-order valence-electron chi connectivity index (χ0n) is 91.9. The standard InChI is InChI=1S/C21H26BrClN6O.C21H33ClN2O3.C17H24ClNO3.C17H22ClNO3.C16H25ClN2O.C5H2BrClN4.C4H10ClN.C2H6O.CH4O.B.2ClH.2Na.2H/c1-28(2)11-12-30-18(14-3-5-16(23)6-4-14)15-7-9-29(10-8-15)21-17-19(22)26-27-20(17)24-13-25-21;1-21(2,3)27-20(25)24-12-10-17(11-13-24)19(26-15-14-23(4)5)16-6-8-18(22)9-7-16;2*1-17(2,3)22-16(21)19-10-8-13(9-11-19)15(20)12-4-6-14(18)7-5-12;1-19(2)11-12-20-16(14-7-9-18-10-8-14)13-3-5-15(17)6-4-13;6-3-2-4(7)8-1-9-5(2)11-10-3;1-6(2)4-3-5;1-2-3;1-2;;;;;;;/h3-6,13,15,18H,7-12H2,1-2H3,(H,24,25,26,27);6-9,17,19H,10-15H2,1-5H3;4-7,13,15,20H,8-11H2,1-3H3;4-7,13H,8-11H2,1-3H3;3-6,14,16,18H,7-12H2,1-2H3;1H,(H,8,9,10,11);3-4H2,1-2H3;3H,2H2,1H3;2H,1H3;;2*1H;;;;/q;;;;;;;;;;;;2*+1;2*-1. The zero-order valence-corrected chi connectivity index (χ0v) is 104. The minimum atomic E-state index is -0.516. The summed E-state index contributed by atoms with van der Waals surface area (Å²) in [7, 11) is 17.4. The Bertz CT molecular complexity index is 5160. The van der Waals surface area contributed by atoms with Crippen molar-refractivity contribution in [3.05, 3.63) is 201 Å². The number of nitrogens with zero attached hydrogens (tertiary/aromatic N) is 14. The van der Waals surface area contributed by atoms with Gasteiger partial charge < -0.3 is 91.1 Å². The number of carbonyl (C=O) groups excluding carboxylic acids is 4. The topological polar surface area (TPSA) is 331 Å². The summed E-state index contributed by atoms with van der Waals surface area (Å²) in [5.41, 5.74) is 4.96. The molecule has 817 valence electrons. The van der Waals surface area contributed by atoms with Crippen molar-refractivity contribution in [2.24, 2.45) is 29.6 Å². The predicted molar refractivity (Wildman–Crippen MR) is 607 cm³/mol. The summed E-state index contributed by atoms with van der Waals surface area (Å²) in [5, 5.41) is 47.8. The van der Waals surface area contributed by atoms with Crippen molar-refractivity contribution in [1.29, 1.82) is 0 Å². The van der Waals surface area contributed by atoms with Gasteiger partial charge in [-0.05, 0) is 353 Å². The quantitative estimate of drug-likeness (QED) is 0.0102. The van der Waals surface area contributed by atoms with E-state index < -0.39 is 22.9 Å². The van der Waals surface area contributed by atoms with Crippen LogP contribution in [0.1, 0.15) is 193 Å². The van der Waals surface area contributed by atoms with Crippen molar-refractivity contribution >= 4 is 198 Å². The molecular weight excluding hydrogens is 2230 g/mol. The average Bonchev–Trinajstić information content (AvgIpc) is 1.66. The summed E-state index contributed by atoms with van der Waals surface area (Å²) in [6.45, 7) is 32.3. The van der Waals surface area contributed by atoms with E-state index in [1.165, 1.54) is 30.3 Å². The molecule has 0 spiro atoms. The maximum absolute atomic E-state index is 12.4. The zero-order chi connectivity index (χ0) is 106. The van der Waals surface area contributed by atoms with E-state index in [1.807, 2.05) is 156 Å². The number of aliphatic hydroxyl groups excluding tert-OH is 3. The van der Waals surface area contributed by atoms with Crippen molar-refractivity contribution < 1.29 is 125 Å². The van der Waals surface area contributed by atoms with Gasteiger partial charge in [-0.15, -0.1) is 36.4 Å². The number of amides is 3. The number of alkyl halides is 1. The Morgan fingerprint density at radius 3 is 1.05 bits per heavy atom. The van der Waals surface area contributed by atoms with Crippen molar-refractivity contribution in [2.75, 3.05) is 192 Å². The molecular formula is C104H156BBr2Cl9N17Na2O13. The van der Waals surface area contributed by atoms with E-state index >= 15 is 0 Å². The Kier molecular flexibility index (Phi) is 70.9. The minimum Gasteiger partial charge on any atom is -1.00 e. The van der Waals surface area contributed by atoms with Crippen molar-refractivity contribution in [3.63, 3.8) is 0 Å². The van der Waals surface area contributed by atoms with Gasteiger partial charge in [0, 0.05) is 143 Å². The second-order valence-electron chi connectivity index (χ2n) is 39.2. The number of nitrogens with one attached hydrogen (secondary N) is 3. The molecule has 0 bridgehead atoms. The molecule has 0 aliphatic carbocycles. The fourth-order valence-corrected chi connectivity index (χ4v) is 18.2. The fourth-order valence-electron chi connectivity index (χ4n) is 16.0. The molecule has 6 N–H and O–H groups in total. The number of aliphatic hydroxyl groups is 3. The van der Waals surface area contributed by atoms with Gasteiger partial charge in [0.2, 0.25) is 0 Å². The molecule has 0 saturated carbocycles. The summed E-state index contributed by atoms with van der Waals surface area (Å²) in [5.74, 6) is 3.30. The summed E-state index contributed by atoms with van der Waals surface area (Å²) in [6, 6.07) is 38.4. The van der Waals surface area contributed by atoms with Crippen LogP contribution in [-0.2, 0) is 28.4 Å². The Hall–Kier alpha value is -4.33. The van der Waals surface area contributed by atoms with Crippen LogP contribution in [0.15, 0.2) is 143 Å². The monoisotopic (exact) mass is 2380 g/mol. The van der Waals surface area contributed by atoms with Crippen LogP contribution in [0.25, 0.3) is 22.1 Å². The van der Waals surface area contributed by atoms with Crippen LogP contribution in [0.3, 0.4) is 0 Å². The Morgan fingerprint density at radius 2 is 0.730 bits per heavy atom. The van der Waals surface area contributed by atoms with E-state index in [-0.39, 0.29) is 156 Å². The smallest absolute Gasteiger partial charge is 1.00 e. The number of likely N-dealkylation sites (tertiary alicyclic amines) is 3. The summed E-state index contributed by atoms with van der Waals surface area (Å²) in [6.07, 6.45) is 11.0. The number of Topliss-reactive ketones (excluding diaryl/α,β-unsaturated/α-hetero) is 1. The van der Waals surface area contributed by atoms with Crippen LogP contribution in [-0.4, -0.2) is 327 Å². The molecule has 44 heteroatoms. The van der Waals surface area contributed by atoms with Crippen LogP contribution in [0.2, 0.25) is 30.3 Å². The molecule has 5 saturated heterocycles. The molecule has 5 aliphatic rings. The molecule has 5 aliphatic heterocycles. The van der Waals surface area contributed by atoms with E-state index in [0.717, 1.165) is 152 Å². The van der Waals surface area contributed by atoms with E-state index in [4.69, 9.17) is 120 Å².